The fraction of sp³-hybridized carbons (Fsp3) is 0.647. The predicted octanol–water partition coefficient (Wildman–Crippen LogP) is 3.58. The third kappa shape index (κ3) is 4.10. The Kier molecular flexibility index (Phi) is 4.71. The van der Waals surface area contributed by atoms with Gasteiger partial charge in [-0.2, -0.15) is 13.2 Å². The SMILES string of the molecule is CN1CCC(Nc2ccc(N3CCC(C(F)(F)F)CC3)cc2)C1. The summed E-state index contributed by atoms with van der Waals surface area (Å²) in [4.78, 5) is 4.35. The highest BCUT2D eigenvalue weighted by atomic mass is 19.4. The van der Waals surface area contributed by atoms with Gasteiger partial charge < -0.3 is 15.1 Å². The molecule has 128 valence electrons. The van der Waals surface area contributed by atoms with Crippen LogP contribution in [-0.2, 0) is 0 Å². The van der Waals surface area contributed by atoms with E-state index in [9.17, 15) is 13.2 Å². The van der Waals surface area contributed by atoms with Crippen LogP contribution in [0.1, 0.15) is 19.3 Å². The Balaban J connectivity index is 1.54. The van der Waals surface area contributed by atoms with E-state index in [1.807, 2.05) is 24.3 Å². The number of likely N-dealkylation sites (tertiary alicyclic amines) is 1. The number of benzene rings is 1. The molecular weight excluding hydrogens is 303 g/mol. The summed E-state index contributed by atoms with van der Waals surface area (Å²) >= 11 is 0. The summed E-state index contributed by atoms with van der Waals surface area (Å²) < 4.78 is 38.1. The van der Waals surface area contributed by atoms with Crippen LogP contribution in [-0.4, -0.2) is 50.3 Å². The molecule has 3 nitrogen and oxygen atoms in total. The van der Waals surface area contributed by atoms with Crippen LogP contribution >= 0.6 is 0 Å². The maximum Gasteiger partial charge on any atom is 0.391 e. The van der Waals surface area contributed by atoms with Gasteiger partial charge in [-0.05, 0) is 57.1 Å². The molecule has 1 atom stereocenters. The molecule has 0 aliphatic carbocycles. The smallest absolute Gasteiger partial charge is 0.381 e. The van der Waals surface area contributed by atoms with Crippen molar-refractivity contribution >= 4 is 11.4 Å². The van der Waals surface area contributed by atoms with Gasteiger partial charge in [-0.1, -0.05) is 0 Å². The summed E-state index contributed by atoms with van der Waals surface area (Å²) in [5, 5.41) is 3.52. The average Bonchev–Trinajstić information content (AvgIpc) is 2.92. The van der Waals surface area contributed by atoms with Gasteiger partial charge in [0.2, 0.25) is 0 Å². The first-order valence-electron chi connectivity index (χ1n) is 8.28. The minimum atomic E-state index is -4.05. The molecule has 0 bridgehead atoms. The molecule has 0 spiro atoms. The largest absolute Gasteiger partial charge is 0.391 e. The van der Waals surface area contributed by atoms with Crippen molar-refractivity contribution in [1.82, 2.24) is 4.90 Å². The maximum atomic E-state index is 12.7. The normalized spacial score (nSPS) is 24.2. The zero-order chi connectivity index (χ0) is 16.4. The lowest BCUT2D eigenvalue weighted by molar-refractivity contribution is -0.179. The second kappa shape index (κ2) is 6.59. The number of anilines is 2. The molecule has 2 saturated heterocycles. The highest BCUT2D eigenvalue weighted by Gasteiger charge is 2.41. The van der Waals surface area contributed by atoms with Gasteiger partial charge in [-0.25, -0.2) is 0 Å². The fourth-order valence-electron chi connectivity index (χ4n) is 3.52. The van der Waals surface area contributed by atoms with E-state index in [0.717, 1.165) is 30.9 Å². The van der Waals surface area contributed by atoms with E-state index in [4.69, 9.17) is 0 Å². The second-order valence-corrected chi connectivity index (χ2v) is 6.74. The Morgan fingerprint density at radius 3 is 2.17 bits per heavy atom. The first-order valence-corrected chi connectivity index (χ1v) is 8.28. The second-order valence-electron chi connectivity index (χ2n) is 6.74. The molecule has 1 aromatic rings. The van der Waals surface area contributed by atoms with Crippen LogP contribution in [0, 0.1) is 5.92 Å². The molecule has 0 aromatic heterocycles. The van der Waals surface area contributed by atoms with Gasteiger partial charge in [0.15, 0.2) is 0 Å². The number of piperidine rings is 1. The van der Waals surface area contributed by atoms with E-state index in [1.165, 1.54) is 0 Å². The number of hydrogen-bond donors (Lipinski definition) is 1. The van der Waals surface area contributed by atoms with Crippen molar-refractivity contribution < 1.29 is 13.2 Å². The number of nitrogens with zero attached hydrogens (tertiary/aromatic N) is 2. The van der Waals surface area contributed by atoms with E-state index in [-0.39, 0.29) is 12.8 Å². The van der Waals surface area contributed by atoms with Crippen LogP contribution in [0.25, 0.3) is 0 Å². The number of rotatable bonds is 3. The zero-order valence-corrected chi connectivity index (χ0v) is 13.4. The maximum absolute atomic E-state index is 12.7. The van der Waals surface area contributed by atoms with Crippen molar-refractivity contribution in [1.29, 1.82) is 0 Å². The first kappa shape index (κ1) is 16.4. The lowest BCUT2D eigenvalue weighted by Gasteiger charge is -2.34. The number of likely N-dealkylation sites (N-methyl/N-ethyl adjacent to an activating group) is 1. The average molecular weight is 327 g/mol. The molecule has 1 unspecified atom stereocenters. The van der Waals surface area contributed by atoms with Gasteiger partial charge in [0.1, 0.15) is 0 Å². The molecule has 2 aliphatic rings. The van der Waals surface area contributed by atoms with Crippen LogP contribution in [0.2, 0.25) is 0 Å². The van der Waals surface area contributed by atoms with E-state index in [2.05, 4.69) is 22.2 Å². The molecule has 2 aliphatic heterocycles. The molecule has 2 heterocycles. The number of alkyl halides is 3. The highest BCUT2D eigenvalue weighted by Crippen LogP contribution is 2.35. The topological polar surface area (TPSA) is 18.5 Å². The quantitative estimate of drug-likeness (QED) is 0.915. The van der Waals surface area contributed by atoms with Gasteiger partial charge in [-0.3, -0.25) is 0 Å². The Morgan fingerprint density at radius 2 is 1.65 bits per heavy atom. The molecule has 6 heteroatoms. The lowest BCUT2D eigenvalue weighted by atomic mass is 9.96. The molecular formula is C17H24F3N3. The Hall–Kier alpha value is -1.43. The molecule has 1 aromatic carbocycles. The first-order chi connectivity index (χ1) is 10.9. The molecule has 3 rings (SSSR count). The molecule has 0 amide bonds. The highest BCUT2D eigenvalue weighted by molar-refractivity contribution is 5.55. The third-order valence-corrected chi connectivity index (χ3v) is 4.95. The van der Waals surface area contributed by atoms with Crippen LogP contribution < -0.4 is 10.2 Å². The van der Waals surface area contributed by atoms with Gasteiger partial charge in [0.25, 0.3) is 0 Å². The lowest BCUT2D eigenvalue weighted by Crippen LogP contribution is -2.38. The van der Waals surface area contributed by atoms with Crippen molar-refractivity contribution in [3.63, 3.8) is 0 Å². The Labute approximate surface area is 135 Å². The van der Waals surface area contributed by atoms with Crippen LogP contribution in [0.15, 0.2) is 24.3 Å². The monoisotopic (exact) mass is 327 g/mol. The van der Waals surface area contributed by atoms with E-state index < -0.39 is 12.1 Å². The molecule has 0 saturated carbocycles. The van der Waals surface area contributed by atoms with Crippen molar-refractivity contribution in [2.45, 2.75) is 31.5 Å². The summed E-state index contributed by atoms with van der Waals surface area (Å²) in [5.74, 6) is -1.14. The summed E-state index contributed by atoms with van der Waals surface area (Å²) in [5.41, 5.74) is 2.10. The van der Waals surface area contributed by atoms with Crippen LogP contribution in [0.4, 0.5) is 24.5 Å². The fourth-order valence-corrected chi connectivity index (χ4v) is 3.52. The van der Waals surface area contributed by atoms with E-state index in [0.29, 0.717) is 19.1 Å². The minimum Gasteiger partial charge on any atom is -0.381 e. The third-order valence-electron chi connectivity index (χ3n) is 4.95. The van der Waals surface area contributed by atoms with Gasteiger partial charge in [0, 0.05) is 37.1 Å². The van der Waals surface area contributed by atoms with Gasteiger partial charge in [-0.15, -0.1) is 0 Å². The molecule has 0 radical (unpaired) electrons. The Morgan fingerprint density at radius 1 is 1.00 bits per heavy atom. The van der Waals surface area contributed by atoms with Gasteiger partial charge >= 0.3 is 6.18 Å². The summed E-state index contributed by atoms with van der Waals surface area (Å²) in [6.45, 7) is 3.12. The Bertz CT molecular complexity index is 507. The zero-order valence-electron chi connectivity index (χ0n) is 13.4. The molecule has 23 heavy (non-hydrogen) atoms. The van der Waals surface area contributed by atoms with Crippen molar-refractivity contribution in [2.24, 2.45) is 5.92 Å². The summed E-state index contributed by atoms with van der Waals surface area (Å²) in [7, 11) is 2.12. The van der Waals surface area contributed by atoms with Gasteiger partial charge in [0.05, 0.1) is 5.92 Å². The van der Waals surface area contributed by atoms with E-state index in [1.54, 1.807) is 0 Å². The molecule has 1 N–H and O–H groups in total. The molecule has 2 fully saturated rings. The van der Waals surface area contributed by atoms with Crippen LogP contribution in [0.5, 0.6) is 0 Å². The van der Waals surface area contributed by atoms with Crippen LogP contribution in [0.3, 0.4) is 0 Å². The van der Waals surface area contributed by atoms with Crippen molar-refractivity contribution in [3.8, 4) is 0 Å². The number of hydrogen-bond acceptors (Lipinski definition) is 3. The predicted molar refractivity (Wildman–Crippen MR) is 87.0 cm³/mol. The van der Waals surface area contributed by atoms with E-state index >= 15 is 0 Å². The summed E-state index contributed by atoms with van der Waals surface area (Å²) in [6, 6.07) is 8.56. The number of halogens is 3. The summed E-state index contributed by atoms with van der Waals surface area (Å²) in [6.07, 6.45) is -2.52. The minimum absolute atomic E-state index is 0.192. The number of nitrogens with one attached hydrogen (secondary N) is 1. The van der Waals surface area contributed by atoms with Crippen molar-refractivity contribution in [2.75, 3.05) is 43.4 Å². The standard InChI is InChI=1S/C17H24F3N3/c1-22-9-8-15(12-22)21-14-2-4-16(5-3-14)23-10-6-13(7-11-23)17(18,19)20/h2-5,13,15,21H,6-12H2,1H3. The van der Waals surface area contributed by atoms with Crippen molar-refractivity contribution in [3.05, 3.63) is 24.3 Å².